The lowest BCUT2D eigenvalue weighted by Gasteiger charge is -2.34. The molecule has 2 rings (SSSR count). The zero-order valence-electron chi connectivity index (χ0n) is 10.7. The minimum absolute atomic E-state index is 0.143. The molecule has 4 nitrogen and oxygen atoms in total. The van der Waals surface area contributed by atoms with Gasteiger partial charge in [0.1, 0.15) is 11.6 Å². The quantitative estimate of drug-likeness (QED) is 0.830. The van der Waals surface area contributed by atoms with Crippen LogP contribution in [0.5, 0.6) is 0 Å². The molecule has 1 aromatic rings. The van der Waals surface area contributed by atoms with Crippen LogP contribution in [0.25, 0.3) is 0 Å². The zero-order chi connectivity index (χ0) is 11.8. The molecule has 0 saturated carbocycles. The third kappa shape index (κ3) is 1.86. The van der Waals surface area contributed by atoms with E-state index in [0.717, 1.165) is 24.7 Å². The molecule has 1 unspecified atom stereocenters. The highest BCUT2D eigenvalue weighted by atomic mass is 15.3. The van der Waals surface area contributed by atoms with Gasteiger partial charge in [0.25, 0.3) is 0 Å². The van der Waals surface area contributed by atoms with Crippen LogP contribution in [0.15, 0.2) is 0 Å². The summed E-state index contributed by atoms with van der Waals surface area (Å²) in [7, 11) is 0. The molecular weight excluding hydrogens is 200 g/mol. The van der Waals surface area contributed by atoms with Crippen molar-refractivity contribution in [2.75, 3.05) is 13.1 Å². The Balaban J connectivity index is 2.38. The molecule has 90 valence electrons. The Hall–Kier alpha value is -0.900. The van der Waals surface area contributed by atoms with Crippen molar-refractivity contribution in [1.82, 2.24) is 20.1 Å². The van der Waals surface area contributed by atoms with E-state index in [4.69, 9.17) is 0 Å². The molecule has 0 aliphatic carbocycles. The fourth-order valence-electron chi connectivity index (χ4n) is 2.65. The van der Waals surface area contributed by atoms with Crippen molar-refractivity contribution < 1.29 is 0 Å². The highest BCUT2D eigenvalue weighted by Gasteiger charge is 2.34. The monoisotopic (exact) mass is 222 g/mol. The Labute approximate surface area is 97.5 Å². The number of piperidine rings is 1. The third-order valence-corrected chi connectivity index (χ3v) is 3.52. The van der Waals surface area contributed by atoms with Gasteiger partial charge in [-0.3, -0.25) is 0 Å². The Bertz CT molecular complexity index is 361. The van der Waals surface area contributed by atoms with E-state index in [1.165, 1.54) is 12.8 Å². The van der Waals surface area contributed by atoms with Gasteiger partial charge in [0.05, 0.1) is 0 Å². The molecule has 0 aromatic carbocycles. The van der Waals surface area contributed by atoms with Crippen LogP contribution in [0, 0.1) is 6.92 Å². The summed E-state index contributed by atoms with van der Waals surface area (Å²) in [5.41, 5.74) is 0.143. The van der Waals surface area contributed by atoms with Crippen molar-refractivity contribution in [3.63, 3.8) is 0 Å². The van der Waals surface area contributed by atoms with E-state index in [2.05, 4.69) is 40.9 Å². The van der Waals surface area contributed by atoms with Crippen LogP contribution in [-0.2, 0) is 5.41 Å². The van der Waals surface area contributed by atoms with Crippen LogP contribution >= 0.6 is 0 Å². The molecule has 1 aliphatic rings. The lowest BCUT2D eigenvalue weighted by molar-refractivity contribution is 0.306. The molecule has 1 aliphatic heterocycles. The van der Waals surface area contributed by atoms with Crippen molar-refractivity contribution in [3.8, 4) is 0 Å². The van der Waals surface area contributed by atoms with E-state index in [0.29, 0.717) is 6.04 Å². The molecule has 1 saturated heterocycles. The maximum atomic E-state index is 4.41. The van der Waals surface area contributed by atoms with Crippen molar-refractivity contribution in [1.29, 1.82) is 0 Å². The predicted molar refractivity (Wildman–Crippen MR) is 64.6 cm³/mol. The standard InChI is InChI=1S/C12H22N4/c1-9(2)16-10(3)14-15-11(16)12(4)6-5-7-13-8-12/h9,13H,5-8H2,1-4H3. The highest BCUT2D eigenvalue weighted by Crippen LogP contribution is 2.31. The number of hydrogen-bond donors (Lipinski definition) is 1. The van der Waals surface area contributed by atoms with Crippen molar-refractivity contribution in [3.05, 3.63) is 11.6 Å². The lowest BCUT2D eigenvalue weighted by Crippen LogP contribution is -2.43. The molecule has 0 amide bonds. The lowest BCUT2D eigenvalue weighted by atomic mass is 9.81. The molecule has 1 atom stereocenters. The Morgan fingerprint density at radius 2 is 2.12 bits per heavy atom. The first-order valence-electron chi connectivity index (χ1n) is 6.17. The fourth-order valence-corrected chi connectivity index (χ4v) is 2.65. The predicted octanol–water partition coefficient (Wildman–Crippen LogP) is 1.81. The van der Waals surface area contributed by atoms with Crippen molar-refractivity contribution >= 4 is 0 Å². The van der Waals surface area contributed by atoms with Crippen molar-refractivity contribution in [2.45, 2.75) is 52.0 Å². The molecule has 0 bridgehead atoms. The Morgan fingerprint density at radius 3 is 2.69 bits per heavy atom. The van der Waals surface area contributed by atoms with Gasteiger partial charge < -0.3 is 9.88 Å². The summed E-state index contributed by atoms with van der Waals surface area (Å²) < 4.78 is 2.27. The van der Waals surface area contributed by atoms with E-state index >= 15 is 0 Å². The molecule has 0 spiro atoms. The molecule has 1 aromatic heterocycles. The largest absolute Gasteiger partial charge is 0.316 e. The van der Waals surface area contributed by atoms with Crippen LogP contribution in [0.1, 0.15) is 51.3 Å². The fraction of sp³-hybridized carbons (Fsp3) is 0.833. The van der Waals surface area contributed by atoms with Gasteiger partial charge in [-0.25, -0.2) is 0 Å². The molecule has 16 heavy (non-hydrogen) atoms. The van der Waals surface area contributed by atoms with E-state index < -0.39 is 0 Å². The topological polar surface area (TPSA) is 42.7 Å². The van der Waals surface area contributed by atoms with Gasteiger partial charge in [0.2, 0.25) is 0 Å². The molecule has 4 heteroatoms. The summed E-state index contributed by atoms with van der Waals surface area (Å²) in [6.07, 6.45) is 2.42. The molecular formula is C12H22N4. The summed E-state index contributed by atoms with van der Waals surface area (Å²) in [5, 5.41) is 12.1. The maximum Gasteiger partial charge on any atom is 0.140 e. The smallest absolute Gasteiger partial charge is 0.140 e. The van der Waals surface area contributed by atoms with Crippen LogP contribution in [0.2, 0.25) is 0 Å². The summed E-state index contributed by atoms with van der Waals surface area (Å²) >= 11 is 0. The van der Waals surface area contributed by atoms with Crippen LogP contribution in [0.3, 0.4) is 0 Å². The summed E-state index contributed by atoms with van der Waals surface area (Å²) in [5.74, 6) is 2.17. The average molecular weight is 222 g/mol. The summed E-state index contributed by atoms with van der Waals surface area (Å²) in [4.78, 5) is 0. The van der Waals surface area contributed by atoms with E-state index in [1.54, 1.807) is 0 Å². The Kier molecular flexibility index (Phi) is 3.02. The Morgan fingerprint density at radius 1 is 1.38 bits per heavy atom. The van der Waals surface area contributed by atoms with Crippen molar-refractivity contribution in [2.24, 2.45) is 0 Å². The second kappa shape index (κ2) is 4.17. The summed E-state index contributed by atoms with van der Waals surface area (Å²) in [6, 6.07) is 0.434. The van der Waals surface area contributed by atoms with E-state index in [9.17, 15) is 0 Å². The van der Waals surface area contributed by atoms with Crippen LogP contribution in [-0.4, -0.2) is 27.9 Å². The first kappa shape index (κ1) is 11.6. The maximum absolute atomic E-state index is 4.41. The van der Waals surface area contributed by atoms with Gasteiger partial charge in [0.15, 0.2) is 0 Å². The number of nitrogens with zero attached hydrogens (tertiary/aromatic N) is 3. The van der Waals surface area contributed by atoms with Gasteiger partial charge in [-0.2, -0.15) is 0 Å². The van der Waals surface area contributed by atoms with E-state index in [1.807, 2.05) is 6.92 Å². The first-order chi connectivity index (χ1) is 7.54. The first-order valence-corrected chi connectivity index (χ1v) is 6.17. The number of aryl methyl sites for hydroxylation is 1. The molecule has 1 N–H and O–H groups in total. The third-order valence-electron chi connectivity index (χ3n) is 3.52. The minimum atomic E-state index is 0.143. The molecule has 0 radical (unpaired) electrons. The van der Waals surface area contributed by atoms with Crippen LogP contribution < -0.4 is 5.32 Å². The number of rotatable bonds is 2. The number of hydrogen-bond acceptors (Lipinski definition) is 3. The minimum Gasteiger partial charge on any atom is -0.316 e. The molecule has 1 fully saturated rings. The zero-order valence-corrected chi connectivity index (χ0v) is 10.7. The second-order valence-corrected chi connectivity index (χ2v) is 5.38. The molecule has 2 heterocycles. The van der Waals surface area contributed by atoms with Gasteiger partial charge >= 0.3 is 0 Å². The number of nitrogens with one attached hydrogen (secondary N) is 1. The SMILES string of the molecule is Cc1nnc(C2(C)CCCNC2)n1C(C)C. The van der Waals surface area contributed by atoms with Gasteiger partial charge in [-0.15, -0.1) is 10.2 Å². The van der Waals surface area contributed by atoms with Gasteiger partial charge in [-0.05, 0) is 40.2 Å². The summed E-state index contributed by atoms with van der Waals surface area (Å²) in [6.45, 7) is 10.9. The normalized spacial score (nSPS) is 26.3. The van der Waals surface area contributed by atoms with E-state index in [-0.39, 0.29) is 5.41 Å². The van der Waals surface area contributed by atoms with Gasteiger partial charge in [0, 0.05) is 18.0 Å². The highest BCUT2D eigenvalue weighted by molar-refractivity contribution is 5.12. The van der Waals surface area contributed by atoms with Crippen LogP contribution in [0.4, 0.5) is 0 Å². The number of aromatic nitrogens is 3. The van der Waals surface area contributed by atoms with Gasteiger partial charge in [-0.1, -0.05) is 6.92 Å². The second-order valence-electron chi connectivity index (χ2n) is 5.38. The average Bonchev–Trinajstić information content (AvgIpc) is 2.62.